The maximum Gasteiger partial charge on any atom is 0.243 e. The van der Waals surface area contributed by atoms with Gasteiger partial charge in [0.2, 0.25) is 5.91 Å². The second-order valence-corrected chi connectivity index (χ2v) is 3.74. The van der Waals surface area contributed by atoms with E-state index in [1.807, 2.05) is 6.92 Å². The molecule has 0 aromatic rings. The average Bonchev–Trinajstić information content (AvgIpc) is 2.15. The predicted molar refractivity (Wildman–Crippen MR) is 56.5 cm³/mol. The molecular weight excluding hydrogens is 162 g/mol. The molecule has 0 fully saturated rings. The Labute approximate surface area is 81.4 Å². The number of allylic oxidation sites excluding steroid dienone is 1. The molecule has 0 radical (unpaired) electrons. The van der Waals surface area contributed by atoms with Crippen LogP contribution in [0.1, 0.15) is 40.5 Å². The largest absolute Gasteiger partial charge is 0.352 e. The van der Waals surface area contributed by atoms with E-state index in [9.17, 15) is 4.79 Å². The Bertz CT molecular complexity index is 181. The SMILES string of the molecule is C/C=C/C(=O)NCC(C)(CC)CC. The minimum absolute atomic E-state index is 0.00984. The fraction of sp³-hybridized carbons (Fsp3) is 0.727. The van der Waals surface area contributed by atoms with Crippen LogP contribution in [0.4, 0.5) is 0 Å². The first-order valence-corrected chi connectivity index (χ1v) is 4.98. The molecule has 0 aromatic carbocycles. The van der Waals surface area contributed by atoms with Crippen molar-refractivity contribution in [1.29, 1.82) is 0 Å². The zero-order valence-electron chi connectivity index (χ0n) is 9.18. The van der Waals surface area contributed by atoms with Gasteiger partial charge in [-0.25, -0.2) is 0 Å². The number of hydrogen-bond donors (Lipinski definition) is 1. The summed E-state index contributed by atoms with van der Waals surface area (Å²) >= 11 is 0. The van der Waals surface area contributed by atoms with Crippen LogP contribution >= 0.6 is 0 Å². The minimum Gasteiger partial charge on any atom is -0.352 e. The highest BCUT2D eigenvalue weighted by molar-refractivity contribution is 5.87. The quantitative estimate of drug-likeness (QED) is 0.652. The van der Waals surface area contributed by atoms with Crippen molar-refractivity contribution >= 4 is 5.91 Å². The van der Waals surface area contributed by atoms with Crippen LogP contribution in [0, 0.1) is 5.41 Å². The van der Waals surface area contributed by atoms with Crippen molar-refractivity contribution in [2.45, 2.75) is 40.5 Å². The number of carbonyl (C=O) groups excluding carboxylic acids is 1. The van der Waals surface area contributed by atoms with Crippen molar-refractivity contribution in [2.24, 2.45) is 5.41 Å². The number of amides is 1. The van der Waals surface area contributed by atoms with E-state index in [0.29, 0.717) is 0 Å². The van der Waals surface area contributed by atoms with Crippen LogP contribution in [0.25, 0.3) is 0 Å². The summed E-state index contributed by atoms with van der Waals surface area (Å²) in [6, 6.07) is 0. The normalized spacial score (nSPS) is 12.0. The van der Waals surface area contributed by atoms with Crippen LogP contribution in [0.5, 0.6) is 0 Å². The second kappa shape index (κ2) is 5.79. The zero-order chi connectivity index (χ0) is 10.3. The van der Waals surface area contributed by atoms with Gasteiger partial charge in [-0.15, -0.1) is 0 Å². The lowest BCUT2D eigenvalue weighted by Gasteiger charge is -2.26. The molecule has 0 aliphatic rings. The third-order valence-corrected chi connectivity index (χ3v) is 2.71. The van der Waals surface area contributed by atoms with Gasteiger partial charge in [0.25, 0.3) is 0 Å². The first-order valence-electron chi connectivity index (χ1n) is 4.98. The topological polar surface area (TPSA) is 29.1 Å². The summed E-state index contributed by atoms with van der Waals surface area (Å²) < 4.78 is 0. The second-order valence-electron chi connectivity index (χ2n) is 3.74. The third-order valence-electron chi connectivity index (χ3n) is 2.71. The monoisotopic (exact) mass is 183 g/mol. The molecule has 76 valence electrons. The van der Waals surface area contributed by atoms with Gasteiger partial charge >= 0.3 is 0 Å². The highest BCUT2D eigenvalue weighted by atomic mass is 16.1. The van der Waals surface area contributed by atoms with Gasteiger partial charge in [0.15, 0.2) is 0 Å². The molecule has 0 heterocycles. The first kappa shape index (κ1) is 12.2. The van der Waals surface area contributed by atoms with Crippen LogP contribution in [-0.2, 0) is 4.79 Å². The van der Waals surface area contributed by atoms with E-state index in [2.05, 4.69) is 26.1 Å². The predicted octanol–water partition coefficient (Wildman–Crippen LogP) is 2.51. The Morgan fingerprint density at radius 1 is 1.38 bits per heavy atom. The van der Waals surface area contributed by atoms with Gasteiger partial charge in [0.1, 0.15) is 0 Å². The van der Waals surface area contributed by atoms with Crippen LogP contribution < -0.4 is 5.32 Å². The Morgan fingerprint density at radius 2 is 1.92 bits per heavy atom. The molecule has 0 saturated carbocycles. The number of rotatable bonds is 5. The Balaban J connectivity index is 3.92. The van der Waals surface area contributed by atoms with Gasteiger partial charge in [-0.05, 0) is 31.3 Å². The van der Waals surface area contributed by atoms with E-state index >= 15 is 0 Å². The molecule has 0 aliphatic heterocycles. The van der Waals surface area contributed by atoms with Gasteiger partial charge in [-0.3, -0.25) is 4.79 Å². The van der Waals surface area contributed by atoms with Crippen LogP contribution in [-0.4, -0.2) is 12.5 Å². The molecule has 2 nitrogen and oxygen atoms in total. The van der Waals surface area contributed by atoms with Gasteiger partial charge in [0, 0.05) is 6.54 Å². The molecular formula is C11H21NO. The summed E-state index contributed by atoms with van der Waals surface area (Å²) in [5.41, 5.74) is 0.247. The Kier molecular flexibility index (Phi) is 5.44. The van der Waals surface area contributed by atoms with Crippen molar-refractivity contribution in [2.75, 3.05) is 6.54 Å². The molecule has 0 atom stereocenters. The van der Waals surface area contributed by atoms with Gasteiger partial charge < -0.3 is 5.32 Å². The maximum atomic E-state index is 11.1. The molecule has 1 N–H and O–H groups in total. The van der Waals surface area contributed by atoms with Gasteiger partial charge in [0.05, 0.1) is 0 Å². The lowest BCUT2D eigenvalue weighted by atomic mass is 9.85. The summed E-state index contributed by atoms with van der Waals surface area (Å²) in [5, 5.41) is 2.90. The standard InChI is InChI=1S/C11H21NO/c1-5-8-10(13)12-9-11(4,6-2)7-3/h5,8H,6-7,9H2,1-4H3,(H,12,13)/b8-5+. The molecule has 1 amide bonds. The zero-order valence-corrected chi connectivity index (χ0v) is 9.18. The van der Waals surface area contributed by atoms with E-state index < -0.39 is 0 Å². The van der Waals surface area contributed by atoms with Crippen LogP contribution in [0.2, 0.25) is 0 Å². The highest BCUT2D eigenvalue weighted by Gasteiger charge is 2.19. The highest BCUT2D eigenvalue weighted by Crippen LogP contribution is 2.23. The fourth-order valence-corrected chi connectivity index (χ4v) is 1.01. The molecule has 0 unspecified atom stereocenters. The fourth-order valence-electron chi connectivity index (χ4n) is 1.01. The van der Waals surface area contributed by atoms with E-state index in [-0.39, 0.29) is 11.3 Å². The summed E-state index contributed by atoms with van der Waals surface area (Å²) in [6.07, 6.45) is 5.51. The molecule has 13 heavy (non-hydrogen) atoms. The average molecular weight is 183 g/mol. The van der Waals surface area contributed by atoms with Crippen molar-refractivity contribution < 1.29 is 4.79 Å². The molecule has 0 saturated heterocycles. The van der Waals surface area contributed by atoms with E-state index in [1.165, 1.54) is 0 Å². The molecule has 0 spiro atoms. The summed E-state index contributed by atoms with van der Waals surface area (Å²) in [6.45, 7) is 9.13. The maximum absolute atomic E-state index is 11.1. The third kappa shape index (κ3) is 4.71. The molecule has 0 aliphatic carbocycles. The van der Waals surface area contributed by atoms with Crippen molar-refractivity contribution in [3.63, 3.8) is 0 Å². The number of carbonyl (C=O) groups is 1. The molecule has 0 bridgehead atoms. The van der Waals surface area contributed by atoms with Crippen LogP contribution in [0.3, 0.4) is 0 Å². The lowest BCUT2D eigenvalue weighted by molar-refractivity contribution is -0.117. The van der Waals surface area contributed by atoms with Gasteiger partial charge in [-0.1, -0.05) is 26.8 Å². The van der Waals surface area contributed by atoms with E-state index in [4.69, 9.17) is 0 Å². The lowest BCUT2D eigenvalue weighted by Crippen LogP contribution is -2.34. The molecule has 0 aromatic heterocycles. The van der Waals surface area contributed by atoms with Crippen molar-refractivity contribution in [3.8, 4) is 0 Å². The summed E-state index contributed by atoms with van der Waals surface area (Å²) in [7, 11) is 0. The molecule has 0 rings (SSSR count). The smallest absolute Gasteiger partial charge is 0.243 e. The van der Waals surface area contributed by atoms with E-state index in [0.717, 1.165) is 19.4 Å². The first-order chi connectivity index (χ1) is 6.08. The van der Waals surface area contributed by atoms with Crippen molar-refractivity contribution in [3.05, 3.63) is 12.2 Å². The van der Waals surface area contributed by atoms with Crippen molar-refractivity contribution in [1.82, 2.24) is 5.32 Å². The summed E-state index contributed by atoms with van der Waals surface area (Å²) in [4.78, 5) is 11.1. The van der Waals surface area contributed by atoms with Crippen LogP contribution in [0.15, 0.2) is 12.2 Å². The minimum atomic E-state index is 0.00984. The Hall–Kier alpha value is -0.790. The molecule has 2 heteroatoms. The number of nitrogens with one attached hydrogen (secondary N) is 1. The summed E-state index contributed by atoms with van der Waals surface area (Å²) in [5.74, 6) is 0.00984. The Morgan fingerprint density at radius 3 is 2.31 bits per heavy atom. The van der Waals surface area contributed by atoms with Gasteiger partial charge in [-0.2, -0.15) is 0 Å². The van der Waals surface area contributed by atoms with E-state index in [1.54, 1.807) is 12.2 Å². The number of hydrogen-bond acceptors (Lipinski definition) is 1.